The number of nitrogens with zero attached hydrogens (tertiary/aromatic N) is 2. The summed E-state index contributed by atoms with van der Waals surface area (Å²) in [5.41, 5.74) is 15.2. The molecule has 0 fully saturated rings. The zero-order valence-corrected chi connectivity index (χ0v) is 27.9. The van der Waals surface area contributed by atoms with E-state index in [9.17, 15) is 14.4 Å². The van der Waals surface area contributed by atoms with Crippen LogP contribution < -0.4 is 27.4 Å². The molecule has 4 aromatic carbocycles. The number of rotatable bonds is 15. The van der Waals surface area contributed by atoms with Crippen LogP contribution in [-0.2, 0) is 17.9 Å². The standard InChI is InChI=1S/C35H37N7O3S2/c1-3-30(44)29-18-47-32(42-29)16-39-27-14-26(38-15-31-41-28(17-46-31)19(2)43)23-9-7-20-12-22(40-35(45)25(37)6-4-5-11-36)13-21-8-10-24(27)34(23)33(20)21/h7-10,12-14,17-18,25,38-39H,3-6,11,15-16,36-37H2,1-2H3,(H,40,45)/t25-/m0/s1. The normalized spacial score (nSPS) is 12.2. The van der Waals surface area contributed by atoms with Crippen LogP contribution in [-0.4, -0.2) is 40.0 Å². The molecule has 242 valence electrons. The van der Waals surface area contributed by atoms with Gasteiger partial charge in [-0.3, -0.25) is 14.4 Å². The summed E-state index contributed by atoms with van der Waals surface area (Å²) < 4.78 is 0. The Morgan fingerprint density at radius 3 is 1.98 bits per heavy atom. The van der Waals surface area contributed by atoms with Crippen molar-refractivity contribution in [3.63, 3.8) is 0 Å². The number of hydrogen-bond acceptors (Lipinski definition) is 11. The van der Waals surface area contributed by atoms with Crippen LogP contribution >= 0.6 is 22.7 Å². The van der Waals surface area contributed by atoms with Crippen LogP contribution in [0.3, 0.4) is 0 Å². The highest BCUT2D eigenvalue weighted by atomic mass is 32.1. The quantitative estimate of drug-likeness (QED) is 0.0444. The van der Waals surface area contributed by atoms with Crippen molar-refractivity contribution < 1.29 is 14.4 Å². The molecule has 7 N–H and O–H groups in total. The topological polar surface area (TPSA) is 165 Å². The summed E-state index contributed by atoms with van der Waals surface area (Å²) in [6.45, 7) is 4.85. The average molecular weight is 668 g/mol. The highest BCUT2D eigenvalue weighted by Gasteiger charge is 2.19. The number of aromatic nitrogens is 2. The molecule has 12 heteroatoms. The molecule has 0 radical (unpaired) electrons. The van der Waals surface area contributed by atoms with Gasteiger partial charge in [0.1, 0.15) is 21.4 Å². The lowest BCUT2D eigenvalue weighted by molar-refractivity contribution is -0.117. The number of hydrogen-bond donors (Lipinski definition) is 5. The molecule has 0 unspecified atom stereocenters. The monoisotopic (exact) mass is 667 g/mol. The molecule has 0 bridgehead atoms. The van der Waals surface area contributed by atoms with E-state index < -0.39 is 6.04 Å². The molecule has 0 spiro atoms. The lowest BCUT2D eigenvalue weighted by Crippen LogP contribution is -2.35. The van der Waals surface area contributed by atoms with Gasteiger partial charge in [-0.1, -0.05) is 37.6 Å². The summed E-state index contributed by atoms with van der Waals surface area (Å²) in [4.78, 5) is 45.9. The van der Waals surface area contributed by atoms with E-state index in [0.29, 0.717) is 49.6 Å². The fourth-order valence-corrected chi connectivity index (χ4v) is 7.26. The molecule has 1 amide bonds. The van der Waals surface area contributed by atoms with Crippen LogP contribution in [0.15, 0.2) is 53.2 Å². The Hall–Kier alpha value is -4.49. The third-order valence-electron chi connectivity index (χ3n) is 8.22. The van der Waals surface area contributed by atoms with Crippen LogP contribution in [0.25, 0.3) is 32.3 Å². The molecular weight excluding hydrogens is 631 g/mol. The maximum absolute atomic E-state index is 12.9. The number of ketones is 2. The van der Waals surface area contributed by atoms with Crippen molar-refractivity contribution >= 4 is 89.5 Å². The average Bonchev–Trinajstić information content (AvgIpc) is 3.75. The van der Waals surface area contributed by atoms with Crippen molar-refractivity contribution in [2.75, 3.05) is 22.5 Å². The van der Waals surface area contributed by atoms with Gasteiger partial charge in [0, 0.05) is 57.3 Å². The van der Waals surface area contributed by atoms with Gasteiger partial charge < -0.3 is 27.4 Å². The SMILES string of the molecule is CCC(=O)c1csc(CNc2cc(NCc3nc(C(C)=O)cs3)c3ccc4cc(NC(=O)[C@@H](N)CCCCN)cc5ccc2c3c45)n1. The predicted octanol–water partition coefficient (Wildman–Crippen LogP) is 6.91. The van der Waals surface area contributed by atoms with E-state index in [2.05, 4.69) is 56.3 Å². The van der Waals surface area contributed by atoms with Crippen LogP contribution in [0.1, 0.15) is 70.5 Å². The lowest BCUT2D eigenvalue weighted by atomic mass is 9.92. The molecule has 0 saturated carbocycles. The van der Waals surface area contributed by atoms with Crippen molar-refractivity contribution in [3.05, 3.63) is 74.6 Å². The smallest absolute Gasteiger partial charge is 0.241 e. The second-order valence-corrected chi connectivity index (χ2v) is 13.4. The first kappa shape index (κ1) is 32.5. The molecule has 0 aliphatic heterocycles. The van der Waals surface area contributed by atoms with Gasteiger partial charge in [-0.25, -0.2) is 9.97 Å². The lowest BCUT2D eigenvalue weighted by Gasteiger charge is -2.20. The van der Waals surface area contributed by atoms with Gasteiger partial charge in [-0.15, -0.1) is 22.7 Å². The van der Waals surface area contributed by atoms with E-state index in [4.69, 9.17) is 11.5 Å². The van der Waals surface area contributed by atoms with E-state index in [1.165, 1.54) is 29.6 Å². The summed E-state index contributed by atoms with van der Waals surface area (Å²) in [6, 6.07) is 13.8. The fourth-order valence-electron chi connectivity index (χ4n) is 5.75. The molecule has 6 aromatic rings. The number of carbonyl (C=O) groups excluding carboxylic acids is 3. The van der Waals surface area contributed by atoms with E-state index in [-0.39, 0.29) is 17.5 Å². The number of nitrogens with two attached hydrogens (primary N) is 2. The summed E-state index contributed by atoms with van der Waals surface area (Å²) in [5, 5.41) is 21.6. The van der Waals surface area contributed by atoms with Crippen molar-refractivity contribution in [1.29, 1.82) is 0 Å². The van der Waals surface area contributed by atoms with E-state index in [1.807, 2.05) is 24.4 Å². The van der Waals surface area contributed by atoms with Crippen LogP contribution in [0.5, 0.6) is 0 Å². The van der Waals surface area contributed by atoms with Gasteiger partial charge in [-0.2, -0.15) is 0 Å². The molecule has 0 saturated heterocycles. The molecule has 2 heterocycles. The highest BCUT2D eigenvalue weighted by Crippen LogP contribution is 2.43. The van der Waals surface area contributed by atoms with E-state index in [1.54, 1.807) is 5.38 Å². The van der Waals surface area contributed by atoms with Crippen LogP contribution in [0.2, 0.25) is 0 Å². The van der Waals surface area contributed by atoms with Gasteiger partial charge in [0.15, 0.2) is 11.6 Å². The number of nitrogens with one attached hydrogen (secondary N) is 3. The summed E-state index contributed by atoms with van der Waals surface area (Å²) >= 11 is 2.91. The molecule has 0 aliphatic rings. The third kappa shape index (κ3) is 6.96. The Bertz CT molecular complexity index is 2070. The first-order valence-corrected chi connectivity index (χ1v) is 17.4. The minimum atomic E-state index is -0.604. The molecule has 6 rings (SSSR count). The second-order valence-electron chi connectivity index (χ2n) is 11.5. The molecule has 1 atom stereocenters. The minimum absolute atomic E-state index is 0.0287. The number of Topliss-reactive ketones (excluding diaryl/α,β-unsaturated/α-hetero) is 2. The van der Waals surface area contributed by atoms with E-state index >= 15 is 0 Å². The number of unbranched alkanes of at least 4 members (excludes halogenated alkanes) is 1. The fraction of sp³-hybridized carbons (Fsp3) is 0.286. The van der Waals surface area contributed by atoms with Crippen molar-refractivity contribution in [2.45, 2.75) is 58.7 Å². The minimum Gasteiger partial charge on any atom is -0.378 e. The Morgan fingerprint density at radius 2 is 1.43 bits per heavy atom. The largest absolute Gasteiger partial charge is 0.378 e. The zero-order valence-electron chi connectivity index (χ0n) is 26.3. The maximum atomic E-state index is 12.9. The Balaban J connectivity index is 1.37. The number of thiazole rings is 2. The van der Waals surface area contributed by atoms with Crippen LogP contribution in [0, 0.1) is 0 Å². The van der Waals surface area contributed by atoms with Gasteiger partial charge >= 0.3 is 0 Å². The second kappa shape index (κ2) is 14.1. The highest BCUT2D eigenvalue weighted by molar-refractivity contribution is 7.10. The van der Waals surface area contributed by atoms with E-state index in [0.717, 1.165) is 66.5 Å². The third-order valence-corrected chi connectivity index (χ3v) is 9.92. The number of anilines is 3. The van der Waals surface area contributed by atoms with Gasteiger partial charge in [0.25, 0.3) is 0 Å². The van der Waals surface area contributed by atoms with Gasteiger partial charge in [0.05, 0.1) is 19.1 Å². The summed E-state index contributed by atoms with van der Waals surface area (Å²) in [6.07, 6.45) is 2.64. The van der Waals surface area contributed by atoms with Crippen molar-refractivity contribution in [2.24, 2.45) is 11.5 Å². The maximum Gasteiger partial charge on any atom is 0.241 e. The molecule has 0 aliphatic carbocycles. The number of carbonyl (C=O) groups is 3. The predicted molar refractivity (Wildman–Crippen MR) is 193 cm³/mol. The van der Waals surface area contributed by atoms with Gasteiger partial charge in [0.2, 0.25) is 5.91 Å². The van der Waals surface area contributed by atoms with Crippen molar-refractivity contribution in [1.82, 2.24) is 9.97 Å². The molecule has 47 heavy (non-hydrogen) atoms. The zero-order chi connectivity index (χ0) is 33.1. The Morgan fingerprint density at radius 1 is 0.830 bits per heavy atom. The number of benzene rings is 4. The van der Waals surface area contributed by atoms with Crippen molar-refractivity contribution in [3.8, 4) is 0 Å². The summed E-state index contributed by atoms with van der Waals surface area (Å²) in [7, 11) is 0. The molecular formula is C35H37N7O3S2. The Labute approximate surface area is 280 Å². The Kier molecular flexibility index (Phi) is 9.73. The molecule has 10 nitrogen and oxygen atoms in total. The van der Waals surface area contributed by atoms with Crippen LogP contribution in [0.4, 0.5) is 17.1 Å². The first-order chi connectivity index (χ1) is 22.7. The number of amides is 1. The van der Waals surface area contributed by atoms with Gasteiger partial charge in [-0.05, 0) is 53.7 Å². The first-order valence-electron chi connectivity index (χ1n) is 15.7. The molecule has 2 aromatic heterocycles. The summed E-state index contributed by atoms with van der Waals surface area (Å²) in [5.74, 6) is -0.244.